The number of benzene rings is 2. The minimum atomic E-state index is -3.76. The molecule has 1 fully saturated rings. The Labute approximate surface area is 175 Å². The highest BCUT2D eigenvalue weighted by Gasteiger charge is 2.31. The molecule has 154 valence electrons. The molecule has 2 heterocycles. The lowest BCUT2D eigenvalue weighted by Gasteiger charge is -2.34. The van der Waals surface area contributed by atoms with Gasteiger partial charge in [-0.2, -0.15) is 9.57 Å². The topological polar surface area (TPSA) is 97.3 Å². The highest BCUT2D eigenvalue weighted by molar-refractivity contribution is 7.89. The molecule has 0 aliphatic carbocycles. The zero-order valence-corrected chi connectivity index (χ0v) is 17.2. The number of carbonyl (C=O) groups excluding carboxylic acids is 1. The maximum absolute atomic E-state index is 12.9. The fourth-order valence-corrected chi connectivity index (χ4v) is 5.40. The second-order valence-electron chi connectivity index (χ2n) is 7.25. The summed E-state index contributed by atoms with van der Waals surface area (Å²) < 4.78 is 27.2. The number of aromatic nitrogens is 1. The Morgan fingerprint density at radius 2 is 1.73 bits per heavy atom. The van der Waals surface area contributed by atoms with E-state index in [-0.39, 0.29) is 29.5 Å². The maximum atomic E-state index is 12.9. The molecule has 1 amide bonds. The van der Waals surface area contributed by atoms with Crippen LogP contribution in [-0.2, 0) is 21.2 Å². The van der Waals surface area contributed by atoms with E-state index in [0.717, 1.165) is 16.5 Å². The average Bonchev–Trinajstić information content (AvgIpc) is 3.20. The summed E-state index contributed by atoms with van der Waals surface area (Å²) in [4.78, 5) is 17.6. The van der Waals surface area contributed by atoms with Crippen LogP contribution in [-0.4, -0.2) is 54.7 Å². The van der Waals surface area contributed by atoms with Crippen molar-refractivity contribution >= 4 is 26.8 Å². The van der Waals surface area contributed by atoms with Gasteiger partial charge in [-0.3, -0.25) is 4.79 Å². The summed E-state index contributed by atoms with van der Waals surface area (Å²) >= 11 is 0. The van der Waals surface area contributed by atoms with Crippen LogP contribution in [0.3, 0.4) is 0 Å². The first-order valence-corrected chi connectivity index (χ1v) is 11.3. The highest BCUT2D eigenvalue weighted by Crippen LogP contribution is 2.22. The Morgan fingerprint density at radius 1 is 1.03 bits per heavy atom. The van der Waals surface area contributed by atoms with E-state index in [4.69, 9.17) is 0 Å². The first-order valence-electron chi connectivity index (χ1n) is 9.83. The predicted molar refractivity (Wildman–Crippen MR) is 113 cm³/mol. The number of piperazine rings is 1. The van der Waals surface area contributed by atoms with E-state index >= 15 is 0 Å². The fraction of sp³-hybridized carbons (Fsp3) is 0.273. The first kappa shape index (κ1) is 20.1. The minimum Gasteiger partial charge on any atom is -0.361 e. The Balaban J connectivity index is 1.37. The van der Waals surface area contributed by atoms with Crippen molar-refractivity contribution in [1.82, 2.24) is 14.2 Å². The van der Waals surface area contributed by atoms with Crippen LogP contribution >= 0.6 is 0 Å². The summed E-state index contributed by atoms with van der Waals surface area (Å²) in [6.07, 6.45) is 2.96. The second-order valence-corrected chi connectivity index (χ2v) is 9.16. The number of hydrogen-bond donors (Lipinski definition) is 1. The van der Waals surface area contributed by atoms with Crippen molar-refractivity contribution in [2.75, 3.05) is 26.2 Å². The van der Waals surface area contributed by atoms with Crippen LogP contribution in [0.2, 0.25) is 0 Å². The molecule has 30 heavy (non-hydrogen) atoms. The molecular weight excluding hydrogens is 400 g/mol. The number of carbonyl (C=O) groups is 1. The van der Waals surface area contributed by atoms with Crippen LogP contribution in [0.25, 0.3) is 10.9 Å². The molecule has 4 rings (SSSR count). The zero-order chi connectivity index (χ0) is 21.1. The van der Waals surface area contributed by atoms with Crippen molar-refractivity contribution in [2.45, 2.75) is 17.7 Å². The van der Waals surface area contributed by atoms with E-state index in [9.17, 15) is 18.5 Å². The molecule has 8 heteroatoms. The molecule has 0 saturated carbocycles. The van der Waals surface area contributed by atoms with Crippen LogP contribution in [0, 0.1) is 11.3 Å². The molecule has 0 spiro atoms. The zero-order valence-electron chi connectivity index (χ0n) is 16.4. The van der Waals surface area contributed by atoms with Gasteiger partial charge in [0.1, 0.15) is 6.07 Å². The average molecular weight is 423 g/mol. The lowest BCUT2D eigenvalue weighted by Crippen LogP contribution is -2.50. The number of rotatable bonds is 5. The summed E-state index contributed by atoms with van der Waals surface area (Å²) in [5.74, 6) is 0.0229. The molecule has 1 N–H and O–H groups in total. The number of H-pyrrole nitrogens is 1. The number of nitrogens with one attached hydrogen (secondary N) is 1. The van der Waals surface area contributed by atoms with Crippen LogP contribution in [0.1, 0.15) is 17.5 Å². The number of aryl methyl sites for hydroxylation is 1. The Kier molecular flexibility index (Phi) is 5.57. The summed E-state index contributed by atoms with van der Waals surface area (Å²) in [5.41, 5.74) is 2.29. The molecule has 0 radical (unpaired) electrons. The maximum Gasteiger partial charge on any atom is 0.244 e. The van der Waals surface area contributed by atoms with Gasteiger partial charge in [0, 0.05) is 49.7 Å². The van der Waals surface area contributed by atoms with E-state index in [1.165, 1.54) is 16.4 Å². The van der Waals surface area contributed by atoms with Gasteiger partial charge in [-0.05, 0) is 30.2 Å². The van der Waals surface area contributed by atoms with Crippen molar-refractivity contribution in [3.05, 3.63) is 65.9 Å². The lowest BCUT2D eigenvalue weighted by molar-refractivity contribution is -0.132. The van der Waals surface area contributed by atoms with Gasteiger partial charge in [0.25, 0.3) is 0 Å². The SMILES string of the molecule is N#Cc1ccccc1S(=O)(=O)N1CCN(C(=O)CCc2c[nH]c3ccccc23)CC1. The first-order chi connectivity index (χ1) is 14.5. The monoisotopic (exact) mass is 422 g/mol. The molecule has 1 aliphatic rings. The third-order valence-electron chi connectivity index (χ3n) is 5.50. The smallest absolute Gasteiger partial charge is 0.244 e. The fourth-order valence-electron chi connectivity index (χ4n) is 3.84. The minimum absolute atomic E-state index is 0.0200. The number of fused-ring (bicyclic) bond motifs is 1. The largest absolute Gasteiger partial charge is 0.361 e. The summed E-state index contributed by atoms with van der Waals surface area (Å²) in [6.45, 7) is 1.14. The van der Waals surface area contributed by atoms with Crippen LogP contribution in [0.4, 0.5) is 0 Å². The summed E-state index contributed by atoms with van der Waals surface area (Å²) in [6, 6.07) is 16.1. The molecule has 0 atom stereocenters. The molecule has 3 aromatic rings. The van der Waals surface area contributed by atoms with Crippen molar-refractivity contribution in [2.24, 2.45) is 0 Å². The number of sulfonamides is 1. The van der Waals surface area contributed by atoms with Crippen LogP contribution in [0.5, 0.6) is 0 Å². The van der Waals surface area contributed by atoms with E-state index in [1.807, 2.05) is 36.5 Å². The number of nitrogens with zero attached hydrogens (tertiary/aromatic N) is 3. The third kappa shape index (κ3) is 3.82. The van der Waals surface area contributed by atoms with Gasteiger partial charge in [-0.25, -0.2) is 8.42 Å². The number of hydrogen-bond acceptors (Lipinski definition) is 4. The van der Waals surface area contributed by atoms with Gasteiger partial charge in [0.05, 0.1) is 10.5 Å². The van der Waals surface area contributed by atoms with Crippen LogP contribution in [0.15, 0.2) is 59.6 Å². The van der Waals surface area contributed by atoms with Gasteiger partial charge in [-0.15, -0.1) is 0 Å². The Hall–Kier alpha value is -3.15. The van der Waals surface area contributed by atoms with Gasteiger partial charge in [0.15, 0.2) is 0 Å². The van der Waals surface area contributed by atoms with Gasteiger partial charge >= 0.3 is 0 Å². The highest BCUT2D eigenvalue weighted by atomic mass is 32.2. The number of aromatic amines is 1. The van der Waals surface area contributed by atoms with Crippen molar-refractivity contribution in [3.63, 3.8) is 0 Å². The van der Waals surface area contributed by atoms with Gasteiger partial charge < -0.3 is 9.88 Å². The third-order valence-corrected chi connectivity index (χ3v) is 7.46. The number of amides is 1. The Bertz CT molecular complexity index is 1220. The number of para-hydroxylation sites is 1. The molecule has 1 aromatic heterocycles. The molecular formula is C22H22N4O3S. The summed E-state index contributed by atoms with van der Waals surface area (Å²) in [5, 5.41) is 10.3. The van der Waals surface area contributed by atoms with Gasteiger partial charge in [0.2, 0.25) is 15.9 Å². The summed E-state index contributed by atoms with van der Waals surface area (Å²) in [7, 11) is -3.76. The molecule has 0 unspecified atom stereocenters. The Morgan fingerprint density at radius 3 is 2.50 bits per heavy atom. The second kappa shape index (κ2) is 8.30. The normalized spacial score (nSPS) is 15.2. The quantitative estimate of drug-likeness (QED) is 0.683. The molecule has 2 aromatic carbocycles. The van der Waals surface area contributed by atoms with Gasteiger partial charge in [-0.1, -0.05) is 30.3 Å². The van der Waals surface area contributed by atoms with Crippen molar-refractivity contribution < 1.29 is 13.2 Å². The van der Waals surface area contributed by atoms with E-state index in [1.54, 1.807) is 17.0 Å². The number of nitriles is 1. The van der Waals surface area contributed by atoms with E-state index in [0.29, 0.717) is 25.9 Å². The standard InChI is InChI=1S/C22H22N4O3S/c23-15-17-5-1-4-8-21(17)30(28,29)26-13-11-25(12-14-26)22(27)10-9-18-16-24-20-7-3-2-6-19(18)20/h1-8,16,24H,9-14H2. The predicted octanol–water partition coefficient (Wildman–Crippen LogP) is 2.51. The molecule has 7 nitrogen and oxygen atoms in total. The molecule has 0 bridgehead atoms. The van der Waals surface area contributed by atoms with E-state index < -0.39 is 10.0 Å². The van der Waals surface area contributed by atoms with Crippen molar-refractivity contribution in [1.29, 1.82) is 5.26 Å². The van der Waals surface area contributed by atoms with E-state index in [2.05, 4.69) is 4.98 Å². The van der Waals surface area contributed by atoms with Crippen molar-refractivity contribution in [3.8, 4) is 6.07 Å². The molecule has 1 aliphatic heterocycles. The van der Waals surface area contributed by atoms with Crippen LogP contribution < -0.4 is 0 Å². The molecule has 1 saturated heterocycles. The lowest BCUT2D eigenvalue weighted by atomic mass is 10.1.